The number of hydrogen-bond donors (Lipinski definition) is 2. The summed E-state index contributed by atoms with van der Waals surface area (Å²) in [6.07, 6.45) is 4.44. The zero-order chi connectivity index (χ0) is 24.0. The molecule has 6 heterocycles. The molecule has 9 heteroatoms. The highest BCUT2D eigenvalue weighted by atomic mass is 16.2. The van der Waals surface area contributed by atoms with Gasteiger partial charge in [-0.05, 0) is 36.2 Å². The zero-order valence-corrected chi connectivity index (χ0v) is 20.1. The number of piperazine rings is 1. The topological polar surface area (TPSA) is 97.5 Å². The monoisotopic (exact) mass is 473 g/mol. The number of likely N-dealkylation sites (tertiary alicyclic amines) is 1. The molecule has 35 heavy (non-hydrogen) atoms. The first kappa shape index (κ1) is 22.2. The first-order valence-electron chi connectivity index (χ1n) is 12.5. The summed E-state index contributed by atoms with van der Waals surface area (Å²) >= 11 is 0. The van der Waals surface area contributed by atoms with Crippen LogP contribution in [-0.4, -0.2) is 83.0 Å². The van der Waals surface area contributed by atoms with Crippen molar-refractivity contribution in [3.05, 3.63) is 63.8 Å². The van der Waals surface area contributed by atoms with Crippen molar-refractivity contribution < 1.29 is 4.79 Å². The molecule has 3 aromatic rings. The van der Waals surface area contributed by atoms with E-state index in [9.17, 15) is 9.59 Å². The number of fused-ring (bicyclic) bond motifs is 1. The van der Waals surface area contributed by atoms with Crippen molar-refractivity contribution in [3.8, 4) is 0 Å². The fourth-order valence-corrected chi connectivity index (χ4v) is 5.41. The largest absolute Gasteiger partial charge is 0.368 e. The number of aromatic nitrogens is 3. The van der Waals surface area contributed by atoms with Crippen molar-refractivity contribution >= 4 is 22.6 Å². The lowest BCUT2D eigenvalue weighted by molar-refractivity contribution is -0.0251. The van der Waals surface area contributed by atoms with Gasteiger partial charge >= 0.3 is 0 Å². The number of rotatable bonds is 5. The van der Waals surface area contributed by atoms with Crippen LogP contribution in [0.5, 0.6) is 0 Å². The Kier molecular flexibility index (Phi) is 5.53. The second kappa shape index (κ2) is 8.73. The van der Waals surface area contributed by atoms with Crippen LogP contribution in [0.1, 0.15) is 28.5 Å². The number of nitrogens with zero attached hydrogens (tertiary/aromatic N) is 5. The van der Waals surface area contributed by atoms with Gasteiger partial charge < -0.3 is 20.1 Å². The maximum Gasteiger partial charge on any atom is 0.272 e. The third kappa shape index (κ3) is 4.19. The molecule has 0 atom stereocenters. The predicted molar refractivity (Wildman–Crippen MR) is 135 cm³/mol. The summed E-state index contributed by atoms with van der Waals surface area (Å²) in [7, 11) is 0. The average molecular weight is 474 g/mol. The molecule has 0 radical (unpaired) electrons. The Balaban J connectivity index is 1.04. The van der Waals surface area contributed by atoms with Gasteiger partial charge in [0.1, 0.15) is 5.69 Å². The number of carbonyl (C=O) groups excluding carboxylic acids is 1. The van der Waals surface area contributed by atoms with Crippen LogP contribution in [0, 0.1) is 5.41 Å². The maximum absolute atomic E-state index is 12.7. The highest BCUT2D eigenvalue weighted by Crippen LogP contribution is 2.34. The molecule has 1 spiro atoms. The van der Waals surface area contributed by atoms with Gasteiger partial charge in [-0.15, -0.1) is 0 Å². The van der Waals surface area contributed by atoms with E-state index < -0.39 is 0 Å². The van der Waals surface area contributed by atoms with Gasteiger partial charge in [0.2, 0.25) is 0 Å². The van der Waals surface area contributed by atoms with Crippen LogP contribution in [0.4, 0.5) is 5.69 Å². The molecule has 3 fully saturated rings. The molecule has 0 unspecified atom stereocenters. The zero-order valence-electron chi connectivity index (χ0n) is 20.1. The second-order valence-corrected chi connectivity index (χ2v) is 10.2. The van der Waals surface area contributed by atoms with Gasteiger partial charge in [0.05, 0.1) is 22.9 Å². The molecule has 0 aromatic carbocycles. The van der Waals surface area contributed by atoms with Crippen molar-refractivity contribution in [2.75, 3.05) is 57.3 Å². The van der Waals surface area contributed by atoms with E-state index in [2.05, 4.69) is 30.1 Å². The summed E-state index contributed by atoms with van der Waals surface area (Å²) in [6.45, 7) is 10.1. The summed E-state index contributed by atoms with van der Waals surface area (Å²) in [5, 5.41) is 3.30. The molecule has 182 valence electrons. The average Bonchev–Trinajstić information content (AvgIpc) is 2.82. The highest BCUT2D eigenvalue weighted by molar-refractivity contribution is 5.93. The Labute approximate surface area is 204 Å². The van der Waals surface area contributed by atoms with Crippen LogP contribution < -0.4 is 15.8 Å². The smallest absolute Gasteiger partial charge is 0.272 e. The molecule has 0 bridgehead atoms. The molecule has 0 aliphatic carbocycles. The third-order valence-electron chi connectivity index (χ3n) is 7.66. The number of hydrogen-bond acceptors (Lipinski definition) is 7. The summed E-state index contributed by atoms with van der Waals surface area (Å²) < 4.78 is 0. The minimum absolute atomic E-state index is 0.0293. The number of H-pyrrole nitrogens is 1. The molecular formula is C26H31N7O2. The maximum atomic E-state index is 12.7. The van der Waals surface area contributed by atoms with Crippen LogP contribution >= 0.6 is 0 Å². The van der Waals surface area contributed by atoms with Gasteiger partial charge in [0, 0.05) is 76.1 Å². The first-order valence-corrected chi connectivity index (χ1v) is 12.5. The normalized spacial score (nSPS) is 19.6. The van der Waals surface area contributed by atoms with Gasteiger partial charge in [-0.2, -0.15) is 0 Å². The Morgan fingerprint density at radius 3 is 2.51 bits per heavy atom. The SMILES string of the molecule is CCc1cc2ncc(CN3CCN(c4ccc(C(=O)N5CC6(CNC6)C5)nc4)CC3)cc2[nH]c1=O. The van der Waals surface area contributed by atoms with Crippen molar-refractivity contribution in [1.29, 1.82) is 0 Å². The Hall–Kier alpha value is -3.30. The summed E-state index contributed by atoms with van der Waals surface area (Å²) in [6, 6.07) is 7.80. The van der Waals surface area contributed by atoms with Gasteiger partial charge in [-0.3, -0.25) is 19.5 Å². The number of nitrogens with one attached hydrogen (secondary N) is 2. The minimum atomic E-state index is -0.0293. The quantitative estimate of drug-likeness (QED) is 0.576. The fraction of sp³-hybridized carbons (Fsp3) is 0.462. The lowest BCUT2D eigenvalue weighted by Gasteiger charge is -2.55. The summed E-state index contributed by atoms with van der Waals surface area (Å²) in [5.74, 6) is 0.0372. The standard InChI is InChI=1S/C26H31N7O2/c1-2-19-10-22-23(30-24(19)34)9-18(11-28-22)13-31-5-7-32(8-6-31)20-3-4-21(29-12-20)25(35)33-16-26(17-33)14-27-15-26/h3-4,9-12,27H,2,5-8,13-17H2,1H3,(H,30,34). The molecule has 3 aliphatic heterocycles. The van der Waals surface area contributed by atoms with Gasteiger partial charge in [-0.25, -0.2) is 4.98 Å². The first-order chi connectivity index (χ1) is 17.0. The van der Waals surface area contributed by atoms with Gasteiger partial charge in [-0.1, -0.05) is 6.92 Å². The fourth-order valence-electron chi connectivity index (χ4n) is 5.41. The lowest BCUT2D eigenvalue weighted by atomic mass is 9.74. The molecular weight excluding hydrogens is 442 g/mol. The number of anilines is 1. The predicted octanol–water partition coefficient (Wildman–Crippen LogP) is 1.25. The van der Waals surface area contributed by atoms with E-state index >= 15 is 0 Å². The van der Waals surface area contributed by atoms with Crippen molar-refractivity contribution in [2.24, 2.45) is 5.41 Å². The molecule has 3 saturated heterocycles. The van der Waals surface area contributed by atoms with E-state index in [1.54, 1.807) is 0 Å². The van der Waals surface area contributed by atoms with E-state index in [0.717, 1.165) is 86.8 Å². The lowest BCUT2D eigenvalue weighted by Crippen LogP contribution is -2.71. The van der Waals surface area contributed by atoms with E-state index in [1.165, 1.54) is 0 Å². The van der Waals surface area contributed by atoms with E-state index in [0.29, 0.717) is 17.5 Å². The molecule has 3 aromatic heterocycles. The highest BCUT2D eigenvalue weighted by Gasteiger charge is 2.49. The van der Waals surface area contributed by atoms with Gasteiger partial charge in [0.25, 0.3) is 11.5 Å². The van der Waals surface area contributed by atoms with Crippen LogP contribution in [-0.2, 0) is 13.0 Å². The molecule has 6 rings (SSSR count). The Morgan fingerprint density at radius 2 is 1.86 bits per heavy atom. The number of aryl methyl sites for hydroxylation is 1. The number of carbonyl (C=O) groups is 1. The van der Waals surface area contributed by atoms with Crippen molar-refractivity contribution in [2.45, 2.75) is 19.9 Å². The molecule has 1 amide bonds. The van der Waals surface area contributed by atoms with Crippen molar-refractivity contribution in [3.63, 3.8) is 0 Å². The van der Waals surface area contributed by atoms with Crippen LogP contribution in [0.15, 0.2) is 41.5 Å². The van der Waals surface area contributed by atoms with Gasteiger partial charge in [0.15, 0.2) is 0 Å². The molecule has 3 aliphatic rings. The summed E-state index contributed by atoms with van der Waals surface area (Å²) in [5.41, 5.74) is 5.37. The van der Waals surface area contributed by atoms with E-state index in [-0.39, 0.29) is 11.5 Å². The van der Waals surface area contributed by atoms with Crippen LogP contribution in [0.25, 0.3) is 11.0 Å². The van der Waals surface area contributed by atoms with E-state index in [1.807, 2.05) is 48.5 Å². The number of amides is 1. The van der Waals surface area contributed by atoms with Crippen LogP contribution in [0.2, 0.25) is 0 Å². The van der Waals surface area contributed by atoms with Crippen molar-refractivity contribution in [1.82, 2.24) is 30.1 Å². The molecule has 0 saturated carbocycles. The van der Waals surface area contributed by atoms with Crippen LogP contribution in [0.3, 0.4) is 0 Å². The summed E-state index contributed by atoms with van der Waals surface area (Å²) in [4.78, 5) is 43.5. The third-order valence-corrected chi connectivity index (χ3v) is 7.66. The van der Waals surface area contributed by atoms with E-state index in [4.69, 9.17) is 0 Å². The molecule has 2 N–H and O–H groups in total. The Morgan fingerprint density at radius 1 is 1.06 bits per heavy atom. The number of aromatic amines is 1. The molecule has 9 nitrogen and oxygen atoms in total. The number of pyridine rings is 3. The second-order valence-electron chi connectivity index (χ2n) is 10.2. The Bertz CT molecular complexity index is 1300. The minimum Gasteiger partial charge on any atom is -0.368 e.